The summed E-state index contributed by atoms with van der Waals surface area (Å²) in [4.78, 5) is 39.4. The molecule has 3 aliphatic heterocycles. The summed E-state index contributed by atoms with van der Waals surface area (Å²) in [6.45, 7) is 4.80. The third kappa shape index (κ3) is 5.06. The summed E-state index contributed by atoms with van der Waals surface area (Å²) >= 11 is 1.59. The average molecular weight is 585 g/mol. The van der Waals surface area contributed by atoms with Crippen LogP contribution in [0.3, 0.4) is 0 Å². The molecular weight excluding hydrogens is 548 g/mol. The zero-order chi connectivity index (χ0) is 28.6. The van der Waals surface area contributed by atoms with Crippen molar-refractivity contribution in [3.63, 3.8) is 0 Å². The number of ether oxygens (including phenoxy) is 1. The zero-order valence-electron chi connectivity index (χ0n) is 23.6. The van der Waals surface area contributed by atoms with Gasteiger partial charge in [-0.1, -0.05) is 18.2 Å². The Morgan fingerprint density at radius 2 is 1.93 bits per heavy atom. The van der Waals surface area contributed by atoms with Crippen molar-refractivity contribution in [2.45, 2.75) is 50.6 Å². The number of hydrogen-bond donors (Lipinski definition) is 1. The molecule has 0 spiro atoms. The number of amides is 3. The lowest BCUT2D eigenvalue weighted by molar-refractivity contribution is 0.0139. The summed E-state index contributed by atoms with van der Waals surface area (Å²) < 4.78 is 5.52. The fourth-order valence-corrected chi connectivity index (χ4v) is 8.03. The predicted molar refractivity (Wildman–Crippen MR) is 163 cm³/mol. The molecule has 9 nitrogen and oxygen atoms in total. The minimum absolute atomic E-state index is 0. The summed E-state index contributed by atoms with van der Waals surface area (Å²) in [6, 6.07) is 15.9. The van der Waals surface area contributed by atoms with Crippen molar-refractivity contribution in [1.82, 2.24) is 14.8 Å². The highest BCUT2D eigenvalue weighted by atomic mass is 32.1. The van der Waals surface area contributed by atoms with E-state index >= 15 is 0 Å². The Bertz CT molecular complexity index is 1560. The first kappa shape index (κ1) is 27.1. The number of nitrogens with one attached hydrogen (secondary N) is 1. The standard InChI is InChI=1S/C32H34N6O3S.H2/c33-20-23-6-2-7-28-25(23)11-13-38(28)32(40)37-12-3-8-27(37)21-4-1-5-22(18-21)30(39)35-31-34-26-10-9-24(19-29(26)42-31)36-14-16-41-17-15-36;/h1-2,4-7,18,24,27H,3,8-17,19H2,(H,34,35,39);1H/t24-,27+;/m0./s1. The van der Waals surface area contributed by atoms with Crippen molar-refractivity contribution in [2.75, 3.05) is 49.6 Å². The number of hydrogen-bond acceptors (Lipinski definition) is 7. The van der Waals surface area contributed by atoms with E-state index < -0.39 is 0 Å². The Kier molecular flexibility index (Phi) is 7.40. The molecule has 3 aromatic rings. The number of urea groups is 1. The van der Waals surface area contributed by atoms with Gasteiger partial charge in [-0.3, -0.25) is 19.9 Å². The number of nitriles is 1. The Hall–Kier alpha value is -3.78. The molecule has 10 heteroatoms. The third-order valence-electron chi connectivity index (χ3n) is 9.11. The van der Waals surface area contributed by atoms with Crippen LogP contribution in [0, 0.1) is 11.3 Å². The van der Waals surface area contributed by atoms with Crippen molar-refractivity contribution in [1.29, 1.82) is 5.26 Å². The number of morpholine rings is 1. The Morgan fingerprint density at radius 3 is 2.79 bits per heavy atom. The number of thiazole rings is 1. The van der Waals surface area contributed by atoms with Crippen LogP contribution in [0.5, 0.6) is 0 Å². The summed E-state index contributed by atoms with van der Waals surface area (Å²) in [5.41, 5.74) is 5.06. The lowest BCUT2D eigenvalue weighted by atomic mass is 9.96. The van der Waals surface area contributed by atoms with Crippen molar-refractivity contribution < 1.29 is 15.8 Å². The van der Waals surface area contributed by atoms with Crippen molar-refractivity contribution in [3.8, 4) is 6.07 Å². The molecule has 218 valence electrons. The molecule has 1 aliphatic carbocycles. The fourth-order valence-electron chi connectivity index (χ4n) is 6.96. The lowest BCUT2D eigenvalue weighted by Crippen LogP contribution is -2.45. The molecule has 0 saturated carbocycles. The highest BCUT2D eigenvalue weighted by Crippen LogP contribution is 2.37. The quantitative estimate of drug-likeness (QED) is 0.462. The molecule has 42 heavy (non-hydrogen) atoms. The molecule has 2 aromatic carbocycles. The highest BCUT2D eigenvalue weighted by molar-refractivity contribution is 7.15. The number of likely N-dealkylation sites (tertiary alicyclic amines) is 1. The van der Waals surface area contributed by atoms with Crippen LogP contribution < -0.4 is 10.2 Å². The van der Waals surface area contributed by atoms with Gasteiger partial charge in [0.25, 0.3) is 5.91 Å². The van der Waals surface area contributed by atoms with E-state index in [9.17, 15) is 14.9 Å². The second kappa shape index (κ2) is 11.5. The van der Waals surface area contributed by atoms with E-state index in [1.54, 1.807) is 16.2 Å². The van der Waals surface area contributed by atoms with E-state index in [4.69, 9.17) is 9.72 Å². The number of benzene rings is 2. The summed E-state index contributed by atoms with van der Waals surface area (Å²) in [6.07, 6.45) is 5.44. The highest BCUT2D eigenvalue weighted by Gasteiger charge is 2.36. The van der Waals surface area contributed by atoms with E-state index in [0.29, 0.717) is 41.8 Å². The van der Waals surface area contributed by atoms with E-state index in [-0.39, 0.29) is 19.4 Å². The summed E-state index contributed by atoms with van der Waals surface area (Å²) in [5, 5.41) is 13.2. The summed E-state index contributed by atoms with van der Waals surface area (Å²) in [7, 11) is 0. The predicted octanol–water partition coefficient (Wildman–Crippen LogP) is 5.02. The smallest absolute Gasteiger partial charge is 0.325 e. The monoisotopic (exact) mass is 584 g/mol. The lowest BCUT2D eigenvalue weighted by Gasteiger charge is -2.36. The molecule has 1 aromatic heterocycles. The van der Waals surface area contributed by atoms with Crippen LogP contribution in [0.4, 0.5) is 15.6 Å². The van der Waals surface area contributed by atoms with E-state index in [1.807, 2.05) is 47.4 Å². The molecule has 2 atom stereocenters. The minimum atomic E-state index is -0.180. The topological polar surface area (TPSA) is 102 Å². The third-order valence-corrected chi connectivity index (χ3v) is 10.1. The van der Waals surface area contributed by atoms with Gasteiger partial charge >= 0.3 is 6.03 Å². The zero-order valence-corrected chi connectivity index (χ0v) is 24.4. The summed E-state index contributed by atoms with van der Waals surface area (Å²) in [5.74, 6) is -0.180. The number of anilines is 2. The second-order valence-corrected chi connectivity index (χ2v) is 12.5. The van der Waals surface area contributed by atoms with Crippen LogP contribution in [0.2, 0.25) is 0 Å². The number of fused-ring (bicyclic) bond motifs is 2. The van der Waals surface area contributed by atoms with E-state index in [1.165, 1.54) is 4.88 Å². The maximum absolute atomic E-state index is 13.7. The maximum Gasteiger partial charge on any atom is 0.325 e. The van der Waals surface area contributed by atoms with Crippen LogP contribution in [0.25, 0.3) is 0 Å². The first-order valence-electron chi connectivity index (χ1n) is 14.9. The van der Waals surface area contributed by atoms with Gasteiger partial charge in [0.1, 0.15) is 0 Å². The van der Waals surface area contributed by atoms with E-state index in [0.717, 1.165) is 80.9 Å². The number of carbonyl (C=O) groups excluding carboxylic acids is 2. The Morgan fingerprint density at radius 1 is 1.07 bits per heavy atom. The van der Waals surface area contributed by atoms with Gasteiger partial charge in [0.05, 0.1) is 36.6 Å². The largest absolute Gasteiger partial charge is 0.379 e. The van der Waals surface area contributed by atoms with Gasteiger partial charge in [-0.05, 0) is 73.9 Å². The minimum Gasteiger partial charge on any atom is -0.379 e. The molecular formula is C32H36N6O3S. The molecule has 2 saturated heterocycles. The average Bonchev–Trinajstić information content (AvgIpc) is 3.79. The van der Waals surface area contributed by atoms with Gasteiger partial charge in [-0.2, -0.15) is 5.26 Å². The molecule has 4 aliphatic rings. The van der Waals surface area contributed by atoms with Crippen molar-refractivity contribution in [3.05, 3.63) is 75.3 Å². The molecule has 4 heterocycles. The normalized spacial score (nSPS) is 22.0. The van der Waals surface area contributed by atoms with Gasteiger partial charge in [0, 0.05) is 49.8 Å². The number of nitrogens with zero attached hydrogens (tertiary/aromatic N) is 5. The number of aromatic nitrogens is 1. The van der Waals surface area contributed by atoms with Crippen LogP contribution >= 0.6 is 11.3 Å². The number of rotatable bonds is 4. The SMILES string of the molecule is N#Cc1cccc2c1CCN2C(=O)N1CCC[C@@H]1c1cccc(C(=O)Nc2nc3c(s2)C[C@@H](N2CCOCC2)CC3)c1.[HH]. The van der Waals surface area contributed by atoms with Crippen molar-refractivity contribution in [2.24, 2.45) is 0 Å². The van der Waals surface area contributed by atoms with E-state index in [2.05, 4.69) is 16.3 Å². The first-order chi connectivity index (χ1) is 20.6. The molecule has 0 radical (unpaired) electrons. The first-order valence-corrected chi connectivity index (χ1v) is 15.7. The molecule has 7 rings (SSSR count). The molecule has 0 unspecified atom stereocenters. The van der Waals surface area contributed by atoms with Gasteiger partial charge in [-0.15, -0.1) is 11.3 Å². The maximum atomic E-state index is 13.7. The van der Waals surface area contributed by atoms with Gasteiger partial charge in [0.2, 0.25) is 0 Å². The van der Waals surface area contributed by atoms with Crippen LogP contribution in [-0.4, -0.2) is 72.2 Å². The molecule has 1 N–H and O–H groups in total. The molecule has 3 amide bonds. The molecule has 0 bridgehead atoms. The number of aryl methyl sites for hydroxylation is 1. The van der Waals surface area contributed by atoms with Gasteiger partial charge < -0.3 is 9.64 Å². The van der Waals surface area contributed by atoms with Crippen LogP contribution in [-0.2, 0) is 24.0 Å². The Labute approximate surface area is 251 Å². The second-order valence-electron chi connectivity index (χ2n) is 11.5. The van der Waals surface area contributed by atoms with Crippen molar-refractivity contribution >= 4 is 34.1 Å². The Balaban J connectivity index is 0.00000329. The van der Waals surface area contributed by atoms with Crippen LogP contribution in [0.1, 0.15) is 64.4 Å². The van der Waals surface area contributed by atoms with Gasteiger partial charge in [0.15, 0.2) is 5.13 Å². The van der Waals surface area contributed by atoms with Gasteiger partial charge in [-0.25, -0.2) is 9.78 Å². The molecule has 2 fully saturated rings. The fraction of sp³-hybridized carbons (Fsp3) is 0.438. The number of carbonyl (C=O) groups is 2. The van der Waals surface area contributed by atoms with Crippen LogP contribution in [0.15, 0.2) is 42.5 Å².